The normalized spacial score (nSPS) is 12.7. The van der Waals surface area contributed by atoms with Crippen molar-refractivity contribution in [1.29, 1.82) is 0 Å². The second-order valence-electron chi connectivity index (χ2n) is 6.41. The molecule has 0 fully saturated rings. The predicted molar refractivity (Wildman–Crippen MR) is 102 cm³/mol. The van der Waals surface area contributed by atoms with Crippen LogP contribution in [0.25, 0.3) is 10.9 Å². The minimum atomic E-state index is -3.46. The number of ketones is 1. The summed E-state index contributed by atoms with van der Waals surface area (Å²) < 4.78 is 28.8. The first-order chi connectivity index (χ1) is 12.7. The average Bonchev–Trinajstić information content (AvgIpc) is 3.04. The first kappa shape index (κ1) is 18.8. The third kappa shape index (κ3) is 3.78. The van der Waals surface area contributed by atoms with Crippen molar-refractivity contribution in [3.63, 3.8) is 0 Å². The molecule has 0 amide bonds. The molecule has 1 heterocycles. The first-order valence-corrected chi connectivity index (χ1v) is 10.2. The number of carbonyl (C=O) groups excluding carboxylic acids is 2. The maximum atomic E-state index is 12.7. The molecule has 0 aliphatic heterocycles. The summed E-state index contributed by atoms with van der Waals surface area (Å²) in [6.07, 6.45) is 1.64. The van der Waals surface area contributed by atoms with Gasteiger partial charge in [-0.2, -0.15) is 0 Å². The molecule has 0 radical (unpaired) electrons. The second kappa shape index (κ2) is 7.00. The molecular weight excluding hydrogens is 366 g/mol. The van der Waals surface area contributed by atoms with Gasteiger partial charge in [0.1, 0.15) is 0 Å². The van der Waals surface area contributed by atoms with Gasteiger partial charge in [0.15, 0.2) is 15.9 Å². The molecule has 6 nitrogen and oxygen atoms in total. The van der Waals surface area contributed by atoms with Crippen LogP contribution < -0.4 is 0 Å². The van der Waals surface area contributed by atoms with Crippen molar-refractivity contribution in [2.75, 3.05) is 6.26 Å². The molecule has 27 heavy (non-hydrogen) atoms. The lowest BCUT2D eigenvalue weighted by Gasteiger charge is -2.13. The Labute approximate surface area is 157 Å². The van der Waals surface area contributed by atoms with Gasteiger partial charge in [-0.05, 0) is 37.6 Å². The van der Waals surface area contributed by atoms with Crippen molar-refractivity contribution >= 4 is 32.5 Å². The summed E-state index contributed by atoms with van der Waals surface area (Å²) in [5, 5.41) is 0.751. The number of aromatic amines is 1. The van der Waals surface area contributed by atoms with E-state index in [1.165, 1.54) is 19.1 Å². The maximum Gasteiger partial charge on any atom is 0.339 e. The molecule has 140 valence electrons. The number of ether oxygens (including phenoxy) is 1. The van der Waals surface area contributed by atoms with E-state index in [9.17, 15) is 18.0 Å². The molecule has 0 aliphatic rings. The van der Waals surface area contributed by atoms with E-state index < -0.39 is 21.9 Å². The summed E-state index contributed by atoms with van der Waals surface area (Å²) in [7, 11) is -3.46. The van der Waals surface area contributed by atoms with Crippen molar-refractivity contribution in [3.05, 3.63) is 65.4 Å². The zero-order valence-corrected chi connectivity index (χ0v) is 16.0. The summed E-state index contributed by atoms with van der Waals surface area (Å²) in [5.41, 5.74) is 1.94. The number of hydrogen-bond acceptors (Lipinski definition) is 5. The summed E-state index contributed by atoms with van der Waals surface area (Å²) in [6.45, 7) is 3.17. The van der Waals surface area contributed by atoms with E-state index in [1.54, 1.807) is 19.2 Å². The van der Waals surface area contributed by atoms with Crippen molar-refractivity contribution in [2.24, 2.45) is 0 Å². The Bertz CT molecular complexity index is 1140. The van der Waals surface area contributed by atoms with Gasteiger partial charge in [-0.3, -0.25) is 4.79 Å². The van der Waals surface area contributed by atoms with Crippen LogP contribution in [-0.4, -0.2) is 37.5 Å². The summed E-state index contributed by atoms with van der Waals surface area (Å²) in [4.78, 5) is 28.3. The first-order valence-electron chi connectivity index (χ1n) is 8.30. The number of benzene rings is 2. The monoisotopic (exact) mass is 385 g/mol. The van der Waals surface area contributed by atoms with Gasteiger partial charge in [-0.1, -0.05) is 24.3 Å². The zero-order valence-electron chi connectivity index (χ0n) is 15.1. The third-order valence-corrected chi connectivity index (χ3v) is 5.48. The lowest BCUT2D eigenvalue weighted by atomic mass is 10.1. The number of esters is 1. The Kier molecular flexibility index (Phi) is 4.89. The highest BCUT2D eigenvalue weighted by atomic mass is 32.2. The fraction of sp³-hybridized carbons (Fsp3) is 0.200. The number of Topliss-reactive ketones (excluding diaryl/α,β-unsaturated/α-hetero) is 1. The van der Waals surface area contributed by atoms with E-state index in [1.807, 2.05) is 24.3 Å². The van der Waals surface area contributed by atoms with Gasteiger partial charge in [0.05, 0.1) is 10.5 Å². The molecule has 0 bridgehead atoms. The average molecular weight is 385 g/mol. The van der Waals surface area contributed by atoms with Crippen LogP contribution in [0, 0.1) is 6.92 Å². The van der Waals surface area contributed by atoms with E-state index in [-0.39, 0.29) is 16.2 Å². The lowest BCUT2D eigenvalue weighted by Crippen LogP contribution is -2.24. The van der Waals surface area contributed by atoms with Gasteiger partial charge < -0.3 is 9.72 Å². The Morgan fingerprint density at radius 2 is 1.78 bits per heavy atom. The standard InChI is InChI=1S/C20H19NO5S/c1-12-8-9-14(27(3,24)25)10-16(12)20(23)26-13(2)19(22)17-11-21-18-7-5-4-6-15(17)18/h4-11,13,21H,1-3H3. The van der Waals surface area contributed by atoms with Crippen LogP contribution in [0.2, 0.25) is 0 Å². The molecule has 1 atom stereocenters. The Morgan fingerprint density at radius 3 is 2.48 bits per heavy atom. The van der Waals surface area contributed by atoms with Gasteiger partial charge in [-0.15, -0.1) is 0 Å². The Hall–Kier alpha value is -2.93. The largest absolute Gasteiger partial charge is 0.451 e. The number of hydrogen-bond donors (Lipinski definition) is 1. The smallest absolute Gasteiger partial charge is 0.339 e. The van der Waals surface area contributed by atoms with E-state index in [2.05, 4.69) is 4.98 Å². The highest BCUT2D eigenvalue weighted by molar-refractivity contribution is 7.90. The summed E-state index contributed by atoms with van der Waals surface area (Å²) >= 11 is 0. The Balaban J connectivity index is 1.85. The molecule has 1 aromatic heterocycles. The minimum absolute atomic E-state index is 0.0238. The Morgan fingerprint density at radius 1 is 1.07 bits per heavy atom. The molecule has 3 rings (SSSR count). The SMILES string of the molecule is Cc1ccc(S(C)(=O)=O)cc1C(=O)OC(C)C(=O)c1c[nH]c2ccccc12. The molecule has 3 aromatic rings. The van der Waals surface area contributed by atoms with Crippen LogP contribution in [0.15, 0.2) is 53.6 Å². The van der Waals surface area contributed by atoms with Crippen molar-refractivity contribution in [1.82, 2.24) is 4.98 Å². The van der Waals surface area contributed by atoms with Crippen LogP contribution in [0.4, 0.5) is 0 Å². The van der Waals surface area contributed by atoms with Gasteiger partial charge >= 0.3 is 5.97 Å². The third-order valence-electron chi connectivity index (χ3n) is 4.36. The number of nitrogens with one attached hydrogen (secondary N) is 1. The summed E-state index contributed by atoms with van der Waals surface area (Å²) in [6, 6.07) is 11.6. The molecule has 2 aromatic carbocycles. The van der Waals surface area contributed by atoms with E-state index in [0.29, 0.717) is 11.1 Å². The molecule has 0 saturated carbocycles. The minimum Gasteiger partial charge on any atom is -0.451 e. The number of fused-ring (bicyclic) bond motifs is 1. The van der Waals surface area contributed by atoms with Gasteiger partial charge in [0, 0.05) is 28.9 Å². The molecule has 1 N–H and O–H groups in total. The summed E-state index contributed by atoms with van der Waals surface area (Å²) in [5.74, 6) is -1.07. The van der Waals surface area contributed by atoms with Crippen LogP contribution in [0.5, 0.6) is 0 Å². The van der Waals surface area contributed by atoms with Gasteiger partial charge in [0.2, 0.25) is 5.78 Å². The number of H-pyrrole nitrogens is 1. The molecule has 0 aliphatic carbocycles. The molecule has 0 saturated heterocycles. The fourth-order valence-corrected chi connectivity index (χ4v) is 3.47. The number of aromatic nitrogens is 1. The van der Waals surface area contributed by atoms with Crippen molar-refractivity contribution in [2.45, 2.75) is 24.8 Å². The molecule has 7 heteroatoms. The van der Waals surface area contributed by atoms with Gasteiger partial charge in [-0.25, -0.2) is 13.2 Å². The van der Waals surface area contributed by atoms with Gasteiger partial charge in [0.25, 0.3) is 0 Å². The highest BCUT2D eigenvalue weighted by Gasteiger charge is 2.24. The molecule has 0 spiro atoms. The van der Waals surface area contributed by atoms with E-state index in [4.69, 9.17) is 4.74 Å². The number of rotatable bonds is 5. The lowest BCUT2D eigenvalue weighted by molar-refractivity contribution is 0.0318. The number of sulfone groups is 1. The maximum absolute atomic E-state index is 12.7. The highest BCUT2D eigenvalue weighted by Crippen LogP contribution is 2.21. The van der Waals surface area contributed by atoms with E-state index >= 15 is 0 Å². The van der Waals surface area contributed by atoms with Crippen LogP contribution in [-0.2, 0) is 14.6 Å². The van der Waals surface area contributed by atoms with Crippen molar-refractivity contribution in [3.8, 4) is 0 Å². The zero-order chi connectivity index (χ0) is 19.8. The number of carbonyl (C=O) groups is 2. The van der Waals surface area contributed by atoms with Crippen LogP contribution >= 0.6 is 0 Å². The quantitative estimate of drug-likeness (QED) is 0.537. The number of para-hydroxylation sites is 1. The van der Waals surface area contributed by atoms with Crippen LogP contribution in [0.1, 0.15) is 33.2 Å². The fourth-order valence-electron chi connectivity index (χ4n) is 2.82. The molecule has 1 unspecified atom stereocenters. The second-order valence-corrected chi connectivity index (χ2v) is 8.42. The predicted octanol–water partition coefficient (Wildman–Crippen LogP) is 3.31. The van der Waals surface area contributed by atoms with Crippen LogP contribution in [0.3, 0.4) is 0 Å². The number of aryl methyl sites for hydroxylation is 1. The molecular formula is C20H19NO5S. The van der Waals surface area contributed by atoms with Crippen molar-refractivity contribution < 1.29 is 22.7 Å². The topological polar surface area (TPSA) is 93.3 Å². The van der Waals surface area contributed by atoms with E-state index in [0.717, 1.165) is 17.2 Å².